The molecule has 0 spiro atoms. The molecule has 2 heterocycles. The first-order valence-electron chi connectivity index (χ1n) is 7.36. The number of fused-ring (bicyclic) bond motifs is 3. The Balaban J connectivity index is 2.09. The molecule has 0 atom stereocenters. The largest absolute Gasteiger partial charge is 0.343 e. The fourth-order valence-electron chi connectivity index (χ4n) is 3.21. The Morgan fingerprint density at radius 2 is 2.05 bits per heavy atom. The van der Waals surface area contributed by atoms with Crippen molar-refractivity contribution >= 4 is 10.9 Å². The minimum absolute atomic E-state index is 1.09. The van der Waals surface area contributed by atoms with E-state index in [-0.39, 0.29) is 0 Å². The minimum atomic E-state index is 1.09. The van der Waals surface area contributed by atoms with E-state index in [0.29, 0.717) is 0 Å². The van der Waals surface area contributed by atoms with Crippen LogP contribution in [0.2, 0.25) is 0 Å². The van der Waals surface area contributed by atoms with Gasteiger partial charge in [0, 0.05) is 36.6 Å². The van der Waals surface area contributed by atoms with Crippen molar-refractivity contribution in [1.82, 2.24) is 14.5 Å². The molecule has 0 aliphatic heterocycles. The number of aromatic nitrogens is 2. The van der Waals surface area contributed by atoms with Crippen LogP contribution in [0.15, 0.2) is 18.5 Å². The zero-order chi connectivity index (χ0) is 13.2. The second-order valence-corrected chi connectivity index (χ2v) is 5.83. The molecule has 0 radical (unpaired) electrons. The van der Waals surface area contributed by atoms with Crippen molar-refractivity contribution in [2.24, 2.45) is 0 Å². The van der Waals surface area contributed by atoms with Crippen LogP contribution in [0.1, 0.15) is 30.5 Å². The van der Waals surface area contributed by atoms with Crippen LogP contribution in [0.3, 0.4) is 0 Å². The van der Waals surface area contributed by atoms with Crippen LogP contribution in [-0.2, 0) is 19.4 Å². The van der Waals surface area contributed by atoms with Crippen molar-refractivity contribution in [3.8, 4) is 0 Å². The maximum atomic E-state index is 4.34. The van der Waals surface area contributed by atoms with Crippen molar-refractivity contribution < 1.29 is 0 Å². The van der Waals surface area contributed by atoms with Gasteiger partial charge in [0.25, 0.3) is 0 Å². The maximum absolute atomic E-state index is 4.34. The van der Waals surface area contributed by atoms with Crippen LogP contribution in [0, 0.1) is 0 Å². The van der Waals surface area contributed by atoms with Crippen molar-refractivity contribution in [2.45, 2.75) is 38.6 Å². The summed E-state index contributed by atoms with van der Waals surface area (Å²) in [7, 11) is 4.29. The first kappa shape index (κ1) is 12.7. The van der Waals surface area contributed by atoms with E-state index in [2.05, 4.69) is 40.8 Å². The molecule has 0 unspecified atom stereocenters. The van der Waals surface area contributed by atoms with Gasteiger partial charge >= 0.3 is 0 Å². The number of hydrogen-bond acceptors (Lipinski definition) is 2. The van der Waals surface area contributed by atoms with Crippen LogP contribution in [0.4, 0.5) is 0 Å². The summed E-state index contributed by atoms with van der Waals surface area (Å²) in [4.78, 5) is 6.60. The van der Waals surface area contributed by atoms with Gasteiger partial charge in [0.05, 0.1) is 5.52 Å². The summed E-state index contributed by atoms with van der Waals surface area (Å²) in [6.45, 7) is 2.18. The third-order valence-corrected chi connectivity index (χ3v) is 4.20. The second kappa shape index (κ2) is 5.33. The van der Waals surface area contributed by atoms with Crippen molar-refractivity contribution in [3.05, 3.63) is 29.7 Å². The van der Waals surface area contributed by atoms with E-state index in [1.54, 1.807) is 11.3 Å². The number of hydrogen-bond donors (Lipinski definition) is 0. The molecule has 3 nitrogen and oxygen atoms in total. The van der Waals surface area contributed by atoms with Gasteiger partial charge in [-0.25, -0.2) is 0 Å². The van der Waals surface area contributed by atoms with E-state index in [1.165, 1.54) is 43.0 Å². The normalized spacial score (nSPS) is 15.7. The van der Waals surface area contributed by atoms with Gasteiger partial charge in [-0.05, 0) is 51.4 Å². The molecule has 0 saturated heterocycles. The number of aryl methyl sites for hydroxylation is 1. The highest BCUT2D eigenvalue weighted by Crippen LogP contribution is 2.30. The lowest BCUT2D eigenvalue weighted by atomic mass is 10.1. The highest BCUT2D eigenvalue weighted by atomic mass is 15.1. The van der Waals surface area contributed by atoms with Crippen LogP contribution in [0.25, 0.3) is 10.9 Å². The van der Waals surface area contributed by atoms with Crippen LogP contribution in [-0.4, -0.2) is 35.1 Å². The molecule has 19 heavy (non-hydrogen) atoms. The van der Waals surface area contributed by atoms with E-state index >= 15 is 0 Å². The molecule has 0 N–H and O–H groups in total. The number of nitrogens with zero attached hydrogens (tertiary/aromatic N) is 3. The Morgan fingerprint density at radius 3 is 2.89 bits per heavy atom. The van der Waals surface area contributed by atoms with Crippen LogP contribution < -0.4 is 0 Å². The SMILES string of the molecule is CN(C)CCn1c2c(c3cnccc31)CCCCC2. The lowest BCUT2D eigenvalue weighted by Crippen LogP contribution is -2.19. The zero-order valence-electron chi connectivity index (χ0n) is 12.0. The molecule has 1 aliphatic rings. The zero-order valence-corrected chi connectivity index (χ0v) is 12.0. The lowest BCUT2D eigenvalue weighted by molar-refractivity contribution is 0.384. The van der Waals surface area contributed by atoms with Gasteiger partial charge in [-0.3, -0.25) is 4.98 Å². The molecule has 3 heteroatoms. The predicted octanol–water partition coefficient (Wildman–Crippen LogP) is 2.87. The third-order valence-electron chi connectivity index (χ3n) is 4.20. The fraction of sp³-hybridized carbons (Fsp3) is 0.562. The Labute approximate surface area is 115 Å². The van der Waals surface area contributed by atoms with E-state index in [9.17, 15) is 0 Å². The summed E-state index contributed by atoms with van der Waals surface area (Å²) in [6.07, 6.45) is 10.5. The van der Waals surface area contributed by atoms with Gasteiger partial charge < -0.3 is 9.47 Å². The summed E-state index contributed by atoms with van der Waals surface area (Å²) in [5.74, 6) is 0. The fourth-order valence-corrected chi connectivity index (χ4v) is 3.21. The summed E-state index contributed by atoms with van der Waals surface area (Å²) in [6, 6.07) is 2.18. The molecule has 0 fully saturated rings. The number of pyridine rings is 1. The van der Waals surface area contributed by atoms with Crippen LogP contribution in [0.5, 0.6) is 0 Å². The summed E-state index contributed by atoms with van der Waals surface area (Å²) < 4.78 is 2.54. The van der Waals surface area contributed by atoms with Crippen molar-refractivity contribution in [2.75, 3.05) is 20.6 Å². The summed E-state index contributed by atoms with van der Waals surface area (Å²) >= 11 is 0. The summed E-state index contributed by atoms with van der Waals surface area (Å²) in [5.41, 5.74) is 4.52. The number of rotatable bonds is 3. The first-order chi connectivity index (χ1) is 9.27. The molecular weight excluding hydrogens is 234 g/mol. The molecule has 0 amide bonds. The van der Waals surface area contributed by atoms with E-state index < -0.39 is 0 Å². The average molecular weight is 257 g/mol. The molecule has 3 rings (SSSR count). The number of likely N-dealkylation sites (N-methyl/N-ethyl adjacent to an activating group) is 1. The summed E-state index contributed by atoms with van der Waals surface area (Å²) in [5, 5.41) is 1.39. The van der Waals surface area contributed by atoms with Gasteiger partial charge in [-0.15, -0.1) is 0 Å². The second-order valence-electron chi connectivity index (χ2n) is 5.83. The topological polar surface area (TPSA) is 21.1 Å². The smallest absolute Gasteiger partial charge is 0.0516 e. The third kappa shape index (κ3) is 2.39. The average Bonchev–Trinajstić information content (AvgIpc) is 2.56. The van der Waals surface area contributed by atoms with E-state index in [4.69, 9.17) is 0 Å². The highest BCUT2D eigenvalue weighted by molar-refractivity contribution is 5.84. The van der Waals surface area contributed by atoms with Gasteiger partial charge in [0.2, 0.25) is 0 Å². The predicted molar refractivity (Wildman–Crippen MR) is 79.5 cm³/mol. The van der Waals surface area contributed by atoms with Gasteiger partial charge in [-0.1, -0.05) is 6.42 Å². The Bertz CT molecular complexity index is 569. The molecule has 2 aromatic rings. The molecule has 0 aromatic carbocycles. The Hall–Kier alpha value is -1.35. The molecule has 2 aromatic heterocycles. The minimum Gasteiger partial charge on any atom is -0.343 e. The van der Waals surface area contributed by atoms with Crippen LogP contribution >= 0.6 is 0 Å². The van der Waals surface area contributed by atoms with E-state index in [0.717, 1.165) is 13.1 Å². The quantitative estimate of drug-likeness (QED) is 0.788. The van der Waals surface area contributed by atoms with E-state index in [1.807, 2.05) is 6.20 Å². The lowest BCUT2D eigenvalue weighted by Gasteiger charge is -2.14. The highest BCUT2D eigenvalue weighted by Gasteiger charge is 2.18. The van der Waals surface area contributed by atoms with Crippen molar-refractivity contribution in [1.29, 1.82) is 0 Å². The maximum Gasteiger partial charge on any atom is 0.0516 e. The van der Waals surface area contributed by atoms with Gasteiger partial charge in [0.15, 0.2) is 0 Å². The van der Waals surface area contributed by atoms with Gasteiger partial charge in [-0.2, -0.15) is 0 Å². The molecule has 102 valence electrons. The Kier molecular flexibility index (Phi) is 3.56. The van der Waals surface area contributed by atoms with Gasteiger partial charge in [0.1, 0.15) is 0 Å². The monoisotopic (exact) mass is 257 g/mol. The first-order valence-corrected chi connectivity index (χ1v) is 7.36. The van der Waals surface area contributed by atoms with Crippen molar-refractivity contribution in [3.63, 3.8) is 0 Å². The standard InChI is InChI=1S/C16H23N3/c1-18(2)10-11-19-15-7-5-3-4-6-13(15)14-12-17-9-8-16(14)19/h8-9,12H,3-7,10-11H2,1-2H3. The molecular formula is C16H23N3. The molecule has 1 aliphatic carbocycles. The molecule has 0 bridgehead atoms. The molecule has 0 saturated carbocycles. The Morgan fingerprint density at radius 1 is 1.21 bits per heavy atom.